The van der Waals surface area contributed by atoms with Crippen molar-refractivity contribution in [1.29, 1.82) is 0 Å². The molecular formula is C20H27FN2O4. The number of benzene rings is 1. The molecule has 1 saturated heterocycles. The predicted molar refractivity (Wildman–Crippen MR) is 97.7 cm³/mol. The molecule has 0 bridgehead atoms. The highest BCUT2D eigenvalue weighted by Crippen LogP contribution is 2.46. The number of nitrogens with one attached hydrogen (secondary N) is 1. The number of imide groups is 1. The van der Waals surface area contributed by atoms with Gasteiger partial charge in [-0.3, -0.25) is 9.69 Å². The molecule has 2 aliphatic rings. The second-order valence-corrected chi connectivity index (χ2v) is 8.68. The number of β-amino-alcohol motifs (C(OH)–C–C–N with tert-alkyl or cyclic N) is 1. The van der Waals surface area contributed by atoms with Gasteiger partial charge in [0.15, 0.2) is 11.6 Å². The molecule has 0 aromatic heterocycles. The number of para-hydroxylation sites is 1. The lowest BCUT2D eigenvalue weighted by Gasteiger charge is -2.43. The van der Waals surface area contributed by atoms with Crippen LogP contribution in [0.4, 0.5) is 9.18 Å². The molecule has 1 aliphatic heterocycles. The smallest absolute Gasteiger partial charge is 0.325 e. The van der Waals surface area contributed by atoms with Crippen molar-refractivity contribution in [2.75, 3.05) is 13.2 Å². The van der Waals surface area contributed by atoms with E-state index in [0.29, 0.717) is 18.8 Å². The average molecular weight is 378 g/mol. The SMILES string of the molecule is CC1CC(C)(C)CC2(C1)NC(=O)N(CC(O)COc1ccccc1F)C2=O. The Morgan fingerprint density at radius 3 is 2.70 bits per heavy atom. The van der Waals surface area contributed by atoms with E-state index < -0.39 is 23.5 Å². The van der Waals surface area contributed by atoms with E-state index in [0.717, 1.165) is 11.3 Å². The number of urea groups is 1. The number of carbonyl (C=O) groups excluding carboxylic acids is 2. The lowest BCUT2D eigenvalue weighted by atomic mass is 9.64. The normalized spacial score (nSPS) is 28.3. The molecule has 27 heavy (non-hydrogen) atoms. The molecule has 1 aromatic carbocycles. The van der Waals surface area contributed by atoms with E-state index in [9.17, 15) is 19.1 Å². The van der Waals surface area contributed by atoms with Crippen LogP contribution in [0.25, 0.3) is 0 Å². The van der Waals surface area contributed by atoms with Gasteiger partial charge in [0.1, 0.15) is 18.2 Å². The summed E-state index contributed by atoms with van der Waals surface area (Å²) in [5.74, 6) is -0.491. The van der Waals surface area contributed by atoms with E-state index in [4.69, 9.17) is 4.74 Å². The summed E-state index contributed by atoms with van der Waals surface area (Å²) in [4.78, 5) is 26.5. The van der Waals surface area contributed by atoms with Crippen LogP contribution in [0.1, 0.15) is 40.0 Å². The third kappa shape index (κ3) is 4.08. The first-order valence-corrected chi connectivity index (χ1v) is 9.31. The fourth-order valence-electron chi connectivity index (χ4n) is 4.68. The molecule has 0 radical (unpaired) electrons. The van der Waals surface area contributed by atoms with Gasteiger partial charge in [-0.1, -0.05) is 32.9 Å². The van der Waals surface area contributed by atoms with Gasteiger partial charge in [0.25, 0.3) is 5.91 Å². The van der Waals surface area contributed by atoms with Gasteiger partial charge < -0.3 is 15.2 Å². The van der Waals surface area contributed by atoms with E-state index in [1.54, 1.807) is 6.07 Å². The van der Waals surface area contributed by atoms with Crippen LogP contribution in [-0.4, -0.2) is 46.7 Å². The molecule has 1 aliphatic carbocycles. The van der Waals surface area contributed by atoms with E-state index in [-0.39, 0.29) is 30.2 Å². The Labute approximate surface area is 158 Å². The number of hydrogen-bond acceptors (Lipinski definition) is 4. The molecule has 3 unspecified atom stereocenters. The molecule has 6 nitrogen and oxygen atoms in total. The third-order valence-electron chi connectivity index (χ3n) is 5.29. The van der Waals surface area contributed by atoms with Gasteiger partial charge >= 0.3 is 6.03 Å². The van der Waals surface area contributed by atoms with Gasteiger partial charge in [-0.15, -0.1) is 0 Å². The summed E-state index contributed by atoms with van der Waals surface area (Å²) >= 11 is 0. The number of carbonyl (C=O) groups is 2. The minimum atomic E-state index is -1.11. The van der Waals surface area contributed by atoms with Crippen molar-refractivity contribution < 1.29 is 23.8 Å². The quantitative estimate of drug-likeness (QED) is 0.772. The highest BCUT2D eigenvalue weighted by molar-refractivity contribution is 6.07. The number of rotatable bonds is 5. The first-order valence-electron chi connectivity index (χ1n) is 9.31. The van der Waals surface area contributed by atoms with Crippen LogP contribution < -0.4 is 10.1 Å². The van der Waals surface area contributed by atoms with Crippen molar-refractivity contribution in [2.45, 2.75) is 51.7 Å². The van der Waals surface area contributed by atoms with Gasteiger partial charge in [-0.25, -0.2) is 9.18 Å². The number of hydrogen-bond donors (Lipinski definition) is 2. The standard InChI is InChI=1S/C20H27FN2O4/c1-13-8-19(2,3)12-20(9-13)17(25)23(18(26)22-20)10-14(24)11-27-16-7-5-4-6-15(16)21/h4-7,13-14,24H,8-12H2,1-3H3,(H,22,26). The lowest BCUT2D eigenvalue weighted by molar-refractivity contribution is -0.135. The van der Waals surface area contributed by atoms with Gasteiger partial charge in [-0.2, -0.15) is 0 Å². The van der Waals surface area contributed by atoms with Crippen LogP contribution in [0, 0.1) is 17.2 Å². The van der Waals surface area contributed by atoms with E-state index in [2.05, 4.69) is 26.1 Å². The summed E-state index contributed by atoms with van der Waals surface area (Å²) in [5.41, 5.74) is -0.951. The van der Waals surface area contributed by atoms with Crippen LogP contribution in [0.3, 0.4) is 0 Å². The second-order valence-electron chi connectivity index (χ2n) is 8.68. The summed E-state index contributed by atoms with van der Waals surface area (Å²) in [5, 5.41) is 13.1. The maximum absolute atomic E-state index is 13.6. The number of ether oxygens (including phenoxy) is 1. The maximum Gasteiger partial charge on any atom is 0.325 e. The number of amides is 3. The van der Waals surface area contributed by atoms with Crippen LogP contribution in [0.5, 0.6) is 5.75 Å². The Kier molecular flexibility index (Phi) is 5.16. The largest absolute Gasteiger partial charge is 0.488 e. The molecule has 148 valence electrons. The third-order valence-corrected chi connectivity index (χ3v) is 5.29. The Balaban J connectivity index is 1.64. The van der Waals surface area contributed by atoms with Gasteiger partial charge in [-0.05, 0) is 42.7 Å². The summed E-state index contributed by atoms with van der Waals surface area (Å²) in [7, 11) is 0. The minimum absolute atomic E-state index is 0.0214. The molecule has 2 N–H and O–H groups in total. The van der Waals surface area contributed by atoms with Crippen molar-refractivity contribution in [2.24, 2.45) is 11.3 Å². The molecule has 2 fully saturated rings. The summed E-state index contributed by atoms with van der Waals surface area (Å²) < 4.78 is 18.9. The molecule has 1 aromatic rings. The van der Waals surface area contributed by atoms with E-state index in [1.807, 2.05) is 0 Å². The molecule has 1 spiro atoms. The number of aliphatic hydroxyl groups is 1. The van der Waals surface area contributed by atoms with Crippen LogP contribution in [-0.2, 0) is 4.79 Å². The lowest BCUT2D eigenvalue weighted by Crippen LogP contribution is -2.54. The highest BCUT2D eigenvalue weighted by atomic mass is 19.1. The Hall–Kier alpha value is -2.15. The van der Waals surface area contributed by atoms with E-state index >= 15 is 0 Å². The van der Waals surface area contributed by atoms with Crippen molar-refractivity contribution in [3.05, 3.63) is 30.1 Å². The summed E-state index contributed by atoms with van der Waals surface area (Å²) in [6, 6.07) is 5.39. The average Bonchev–Trinajstić information content (AvgIpc) is 2.75. The van der Waals surface area contributed by atoms with Crippen LogP contribution in [0.15, 0.2) is 24.3 Å². The fourth-order valence-corrected chi connectivity index (χ4v) is 4.68. The highest BCUT2D eigenvalue weighted by Gasteiger charge is 2.56. The Morgan fingerprint density at radius 2 is 2.04 bits per heavy atom. The predicted octanol–water partition coefficient (Wildman–Crippen LogP) is 2.70. The zero-order chi connectivity index (χ0) is 19.8. The zero-order valence-corrected chi connectivity index (χ0v) is 16.0. The fraction of sp³-hybridized carbons (Fsp3) is 0.600. The summed E-state index contributed by atoms with van der Waals surface area (Å²) in [6.45, 7) is 5.89. The minimum Gasteiger partial charge on any atom is -0.488 e. The van der Waals surface area contributed by atoms with Gasteiger partial charge in [0.2, 0.25) is 0 Å². The zero-order valence-electron chi connectivity index (χ0n) is 16.0. The van der Waals surface area contributed by atoms with Crippen molar-refractivity contribution in [3.63, 3.8) is 0 Å². The second kappa shape index (κ2) is 7.11. The first-order chi connectivity index (χ1) is 12.6. The van der Waals surface area contributed by atoms with Crippen LogP contribution >= 0.6 is 0 Å². The summed E-state index contributed by atoms with van der Waals surface area (Å²) in [6.07, 6.45) is 1.06. The van der Waals surface area contributed by atoms with Crippen LogP contribution in [0.2, 0.25) is 0 Å². The van der Waals surface area contributed by atoms with E-state index in [1.165, 1.54) is 18.2 Å². The molecule has 3 amide bonds. The van der Waals surface area contributed by atoms with Crippen molar-refractivity contribution >= 4 is 11.9 Å². The van der Waals surface area contributed by atoms with Gasteiger partial charge in [0.05, 0.1) is 6.54 Å². The molecular weight excluding hydrogens is 351 g/mol. The van der Waals surface area contributed by atoms with Crippen molar-refractivity contribution in [3.8, 4) is 5.75 Å². The van der Waals surface area contributed by atoms with Gasteiger partial charge in [0, 0.05) is 0 Å². The van der Waals surface area contributed by atoms with Crippen molar-refractivity contribution in [1.82, 2.24) is 10.2 Å². The Morgan fingerprint density at radius 1 is 1.33 bits per heavy atom. The molecule has 3 rings (SSSR count). The topological polar surface area (TPSA) is 78.9 Å². The first kappa shape index (κ1) is 19.6. The maximum atomic E-state index is 13.6. The molecule has 7 heteroatoms. The molecule has 1 saturated carbocycles. The number of halogens is 1. The Bertz CT molecular complexity index is 738. The number of nitrogens with zero attached hydrogens (tertiary/aromatic N) is 1. The molecule has 3 atom stereocenters. The monoisotopic (exact) mass is 378 g/mol. The molecule has 1 heterocycles. The number of aliphatic hydroxyl groups excluding tert-OH is 1.